The summed E-state index contributed by atoms with van der Waals surface area (Å²) in [6.45, 7) is 1.39. The Balaban J connectivity index is 1.02. The van der Waals surface area contributed by atoms with Crippen molar-refractivity contribution in [2.24, 2.45) is 0 Å². The Morgan fingerprint density at radius 2 is 1.04 bits per heavy atom. The van der Waals surface area contributed by atoms with E-state index in [-0.39, 0.29) is 51.2 Å². The number of aliphatic carboxylic acids is 2. The van der Waals surface area contributed by atoms with Gasteiger partial charge in [-0.05, 0) is 83.6 Å². The third-order valence-electron chi connectivity index (χ3n) is 12.3. The first-order valence-corrected chi connectivity index (χ1v) is 23.2. The molecule has 2 aliphatic rings. The van der Waals surface area contributed by atoms with Gasteiger partial charge in [0.1, 0.15) is 36.9 Å². The molecule has 4 aromatic carbocycles. The van der Waals surface area contributed by atoms with Gasteiger partial charge in [-0.25, -0.2) is 0 Å². The van der Waals surface area contributed by atoms with Crippen LogP contribution in [-0.4, -0.2) is 92.5 Å². The van der Waals surface area contributed by atoms with Crippen molar-refractivity contribution in [1.82, 2.24) is 20.6 Å². The lowest BCUT2D eigenvalue weighted by Gasteiger charge is -2.21. The van der Waals surface area contributed by atoms with Crippen molar-refractivity contribution in [3.05, 3.63) is 165 Å². The fraction of sp³-hybridized carbons (Fsp3) is 0.259. The summed E-state index contributed by atoms with van der Waals surface area (Å²) in [6.07, 6.45) is 4.18. The Bertz CT molecular complexity index is 2910. The van der Waals surface area contributed by atoms with E-state index in [1.54, 1.807) is 70.7 Å². The molecule has 2 atom stereocenters. The molecule has 366 valence electrons. The maximum absolute atomic E-state index is 14.4. The standard InChI is InChI=1S/C54H50N8O10/c55-21-33-15-35(25-57-23-33)31-71-49-17-37(7-9-39(49)27-59-29-41(63)19-51(65)66)53(69)61-13-11-45-43(3-1-5-47(45)61)44-4-2-6-48-46(44)12-14-62(48)54(70)38-8-10-40(28-60-30-42(64)20-52(67)68)50(18-38)72-32-36-16-34(22-56)24-58-26-36/h1-10,15-18,23-26,41-42,59-60,63-64H,11-14,19-20,27-32H2,(H,65,66)(H,67,68). The molecule has 6 aromatic rings. The van der Waals surface area contributed by atoms with Gasteiger partial charge in [0.2, 0.25) is 0 Å². The molecule has 0 saturated carbocycles. The topological polar surface area (TPSA) is 272 Å². The predicted molar refractivity (Wildman–Crippen MR) is 262 cm³/mol. The van der Waals surface area contributed by atoms with Gasteiger partial charge in [0, 0.05) is 109 Å². The van der Waals surface area contributed by atoms with Gasteiger partial charge in [0.25, 0.3) is 11.8 Å². The molecular weight excluding hydrogens is 921 g/mol. The fourth-order valence-electron chi connectivity index (χ4n) is 8.91. The number of anilines is 2. The van der Waals surface area contributed by atoms with Crippen LogP contribution in [0.4, 0.5) is 11.4 Å². The number of hydrogen-bond acceptors (Lipinski definition) is 14. The lowest BCUT2D eigenvalue weighted by Crippen LogP contribution is -2.29. The zero-order valence-corrected chi connectivity index (χ0v) is 39.0. The number of rotatable bonds is 21. The number of aliphatic hydroxyl groups is 2. The number of nitrogens with zero attached hydrogens (tertiary/aromatic N) is 6. The number of pyridine rings is 2. The molecule has 0 spiro atoms. The summed E-state index contributed by atoms with van der Waals surface area (Å²) in [6, 6.07) is 29.4. The van der Waals surface area contributed by atoms with Crippen LogP contribution in [0.1, 0.15) is 78.1 Å². The van der Waals surface area contributed by atoms with Crippen molar-refractivity contribution in [2.75, 3.05) is 36.0 Å². The zero-order chi connectivity index (χ0) is 50.7. The quantitative estimate of drug-likeness (QED) is 0.0534. The number of ether oxygens (including phenoxy) is 2. The minimum Gasteiger partial charge on any atom is -0.488 e. The van der Waals surface area contributed by atoms with Crippen LogP contribution in [0.3, 0.4) is 0 Å². The number of aromatic nitrogens is 2. The zero-order valence-electron chi connectivity index (χ0n) is 39.0. The van der Waals surface area contributed by atoms with Crippen molar-refractivity contribution in [3.8, 4) is 34.8 Å². The van der Waals surface area contributed by atoms with Crippen LogP contribution in [0.2, 0.25) is 0 Å². The number of nitrogens with one attached hydrogen (secondary N) is 2. The monoisotopic (exact) mass is 970 g/mol. The number of nitriles is 2. The number of carbonyl (C=O) groups is 4. The van der Waals surface area contributed by atoms with Crippen LogP contribution in [0.5, 0.6) is 11.5 Å². The molecule has 0 saturated heterocycles. The number of fused-ring (bicyclic) bond motifs is 2. The number of amides is 2. The Hall–Kier alpha value is -8.52. The van der Waals surface area contributed by atoms with Crippen molar-refractivity contribution in [2.45, 2.75) is 64.2 Å². The smallest absolute Gasteiger partial charge is 0.306 e. The van der Waals surface area contributed by atoms with Gasteiger partial charge in [0.15, 0.2) is 0 Å². The third kappa shape index (κ3) is 11.9. The van der Waals surface area contributed by atoms with Gasteiger partial charge in [-0.1, -0.05) is 36.4 Å². The second-order valence-electron chi connectivity index (χ2n) is 17.4. The Morgan fingerprint density at radius 3 is 1.44 bits per heavy atom. The summed E-state index contributed by atoms with van der Waals surface area (Å²) in [5.74, 6) is -1.96. The fourth-order valence-corrected chi connectivity index (χ4v) is 8.91. The summed E-state index contributed by atoms with van der Waals surface area (Å²) >= 11 is 0. The highest BCUT2D eigenvalue weighted by Gasteiger charge is 2.32. The summed E-state index contributed by atoms with van der Waals surface area (Å²) in [5, 5.41) is 63.2. The SMILES string of the molecule is N#Cc1cncc(COc2cc(C(=O)N3CCc4c(-c5cccc6c5CCN6C(=O)c5ccc(CNCC(O)CC(=O)O)c(OCc6cncc(C#N)c6)c5)cccc43)ccc2CNCC(O)CC(=O)O)c1. The summed E-state index contributed by atoms with van der Waals surface area (Å²) in [5.41, 5.74) is 9.49. The molecule has 6 N–H and O–H groups in total. The first-order chi connectivity index (χ1) is 34.9. The lowest BCUT2D eigenvalue weighted by atomic mass is 9.93. The highest BCUT2D eigenvalue weighted by Crippen LogP contribution is 2.43. The van der Waals surface area contributed by atoms with Crippen molar-refractivity contribution in [1.29, 1.82) is 10.5 Å². The van der Waals surface area contributed by atoms with Crippen LogP contribution < -0.4 is 29.9 Å². The first-order valence-electron chi connectivity index (χ1n) is 23.2. The van der Waals surface area contributed by atoms with E-state index in [0.29, 0.717) is 81.9 Å². The van der Waals surface area contributed by atoms with Crippen LogP contribution in [0, 0.1) is 22.7 Å². The van der Waals surface area contributed by atoms with E-state index in [0.717, 1.165) is 33.6 Å². The molecule has 18 nitrogen and oxygen atoms in total. The van der Waals surface area contributed by atoms with Gasteiger partial charge >= 0.3 is 11.9 Å². The van der Waals surface area contributed by atoms with Gasteiger partial charge < -0.3 is 50.3 Å². The lowest BCUT2D eigenvalue weighted by molar-refractivity contribution is -0.140. The molecule has 4 heterocycles. The second-order valence-corrected chi connectivity index (χ2v) is 17.4. The third-order valence-corrected chi connectivity index (χ3v) is 12.3. The Kier molecular flexibility index (Phi) is 15.9. The second kappa shape index (κ2) is 22.9. The number of benzene rings is 4. The summed E-state index contributed by atoms with van der Waals surface area (Å²) < 4.78 is 12.5. The number of carbonyl (C=O) groups excluding carboxylic acids is 2. The maximum atomic E-state index is 14.4. The van der Waals surface area contributed by atoms with Gasteiger partial charge in [-0.2, -0.15) is 10.5 Å². The molecule has 18 heteroatoms. The van der Waals surface area contributed by atoms with E-state index in [9.17, 15) is 39.9 Å². The van der Waals surface area contributed by atoms with E-state index in [4.69, 9.17) is 19.7 Å². The molecule has 2 unspecified atom stereocenters. The Labute approximate surface area is 414 Å². The summed E-state index contributed by atoms with van der Waals surface area (Å²) in [7, 11) is 0. The molecule has 72 heavy (non-hydrogen) atoms. The molecule has 2 aromatic heterocycles. The number of carboxylic acid groups (broad SMARTS) is 2. The molecule has 2 aliphatic heterocycles. The van der Waals surface area contributed by atoms with Crippen molar-refractivity contribution < 1.29 is 49.1 Å². The van der Waals surface area contributed by atoms with Gasteiger partial charge in [0.05, 0.1) is 36.2 Å². The molecule has 0 aliphatic carbocycles. The number of hydrogen-bond donors (Lipinski definition) is 6. The van der Waals surface area contributed by atoms with E-state index in [2.05, 4.69) is 32.7 Å². The van der Waals surface area contributed by atoms with Crippen molar-refractivity contribution >= 4 is 35.1 Å². The van der Waals surface area contributed by atoms with Gasteiger partial charge in [-0.3, -0.25) is 29.1 Å². The average molecular weight is 971 g/mol. The van der Waals surface area contributed by atoms with E-state index < -0.39 is 37.0 Å². The largest absolute Gasteiger partial charge is 0.488 e. The molecule has 0 fully saturated rings. The van der Waals surface area contributed by atoms with Crippen molar-refractivity contribution in [3.63, 3.8) is 0 Å². The maximum Gasteiger partial charge on any atom is 0.306 e. The van der Waals surface area contributed by atoms with E-state index in [1.165, 1.54) is 12.4 Å². The average Bonchev–Trinajstić information content (AvgIpc) is 4.03. The van der Waals surface area contributed by atoms with E-state index >= 15 is 0 Å². The van der Waals surface area contributed by atoms with Crippen LogP contribution in [0.15, 0.2) is 110 Å². The Morgan fingerprint density at radius 1 is 0.611 bits per heavy atom. The highest BCUT2D eigenvalue weighted by atomic mass is 16.5. The predicted octanol–water partition coefficient (Wildman–Crippen LogP) is 5.30. The van der Waals surface area contributed by atoms with Crippen LogP contribution in [-0.2, 0) is 48.7 Å². The van der Waals surface area contributed by atoms with Crippen LogP contribution in [0.25, 0.3) is 11.1 Å². The number of aliphatic hydroxyl groups excluding tert-OH is 2. The molecule has 2 amide bonds. The number of carboxylic acids is 2. The normalized spacial score (nSPS) is 13.3. The molecule has 0 bridgehead atoms. The first kappa shape index (κ1) is 49.9. The minimum atomic E-state index is -1.12. The molecular formula is C54H50N8O10. The minimum absolute atomic E-state index is 0.0177. The summed E-state index contributed by atoms with van der Waals surface area (Å²) in [4.78, 5) is 62.8. The highest BCUT2D eigenvalue weighted by molar-refractivity contribution is 6.09. The van der Waals surface area contributed by atoms with E-state index in [1.807, 2.05) is 36.4 Å². The van der Waals surface area contributed by atoms with Gasteiger partial charge in [-0.15, -0.1) is 0 Å². The van der Waals surface area contributed by atoms with Crippen LogP contribution >= 0.6 is 0 Å². The molecule has 8 rings (SSSR count). The molecule has 0 radical (unpaired) electrons.